The molecule has 0 heterocycles. The Hall–Kier alpha value is -6.18. The number of hydrogen-bond acceptors (Lipinski definition) is 1. The fourth-order valence-corrected chi connectivity index (χ4v) is 6.45. The molecular weight excluding hydrogens is 579 g/mol. The lowest BCUT2D eigenvalue weighted by Gasteiger charge is -2.25. The van der Waals surface area contributed by atoms with Crippen molar-refractivity contribution in [2.45, 2.75) is 6.92 Å². The first-order chi connectivity index (χ1) is 23.7. The molecular formula is C47H37N. The van der Waals surface area contributed by atoms with Gasteiger partial charge in [0.25, 0.3) is 0 Å². The highest BCUT2D eigenvalue weighted by atomic mass is 15.1. The van der Waals surface area contributed by atoms with E-state index >= 15 is 0 Å². The zero-order valence-electron chi connectivity index (χ0n) is 27.1. The van der Waals surface area contributed by atoms with Crippen molar-refractivity contribution in [1.29, 1.82) is 0 Å². The molecule has 0 N–H and O–H groups in total. The largest absolute Gasteiger partial charge is 0.311 e. The summed E-state index contributed by atoms with van der Waals surface area (Å²) >= 11 is 0. The molecule has 0 radical (unpaired) electrons. The lowest BCUT2D eigenvalue weighted by molar-refractivity contribution is 1.22. The molecule has 0 aliphatic carbocycles. The van der Waals surface area contributed by atoms with E-state index in [2.05, 4.69) is 175 Å². The molecule has 0 saturated carbocycles. The first-order valence-electron chi connectivity index (χ1n) is 16.4. The Kier molecular flexibility index (Phi) is 8.93. The van der Waals surface area contributed by atoms with Crippen molar-refractivity contribution in [2.24, 2.45) is 0 Å². The van der Waals surface area contributed by atoms with Gasteiger partial charge < -0.3 is 4.90 Å². The van der Waals surface area contributed by atoms with Crippen molar-refractivity contribution in [2.75, 3.05) is 4.90 Å². The first-order valence-corrected chi connectivity index (χ1v) is 16.4. The van der Waals surface area contributed by atoms with E-state index in [1.165, 1.54) is 43.8 Å². The van der Waals surface area contributed by atoms with Crippen LogP contribution in [0.2, 0.25) is 0 Å². The molecule has 0 aliphatic rings. The van der Waals surface area contributed by atoms with Gasteiger partial charge in [0, 0.05) is 17.1 Å². The van der Waals surface area contributed by atoms with Crippen LogP contribution in [0, 0.1) is 0 Å². The van der Waals surface area contributed by atoms with Gasteiger partial charge in [0.05, 0.1) is 0 Å². The number of benzene rings is 7. The third-order valence-electron chi connectivity index (χ3n) is 8.71. The molecule has 1 nitrogen and oxygen atoms in total. The molecule has 0 aromatic heterocycles. The first kappa shape index (κ1) is 30.5. The maximum absolute atomic E-state index is 4.35. The molecule has 7 aromatic carbocycles. The summed E-state index contributed by atoms with van der Waals surface area (Å²) in [5.41, 5.74) is 10.4. The molecule has 0 amide bonds. The topological polar surface area (TPSA) is 3.24 Å². The smallest absolute Gasteiger partial charge is 0.0461 e. The van der Waals surface area contributed by atoms with Gasteiger partial charge in [0.2, 0.25) is 0 Å². The van der Waals surface area contributed by atoms with Crippen LogP contribution in [-0.2, 0) is 0 Å². The number of fused-ring (bicyclic) bond motifs is 2. The van der Waals surface area contributed by atoms with Crippen LogP contribution in [-0.4, -0.2) is 0 Å². The van der Waals surface area contributed by atoms with Crippen LogP contribution in [0.25, 0.3) is 56.0 Å². The molecule has 48 heavy (non-hydrogen) atoms. The maximum Gasteiger partial charge on any atom is 0.0461 e. The number of nitrogens with zero attached hydrogens (tertiary/aromatic N) is 1. The number of anilines is 2. The van der Waals surface area contributed by atoms with E-state index in [4.69, 9.17) is 0 Å². The average Bonchev–Trinajstić information content (AvgIpc) is 3.15. The predicted octanol–water partition coefficient (Wildman–Crippen LogP) is 13.3. The van der Waals surface area contributed by atoms with Crippen molar-refractivity contribution in [3.8, 4) is 22.3 Å². The van der Waals surface area contributed by atoms with Gasteiger partial charge in [-0.15, -0.1) is 0 Å². The minimum Gasteiger partial charge on any atom is -0.311 e. The quantitative estimate of drug-likeness (QED) is 0.0887. The lowest BCUT2D eigenvalue weighted by Crippen LogP contribution is -2.14. The molecule has 1 heteroatoms. The number of allylic oxidation sites excluding steroid dienone is 4. The van der Waals surface area contributed by atoms with Gasteiger partial charge in [-0.25, -0.2) is 0 Å². The Balaban J connectivity index is 1.18. The van der Waals surface area contributed by atoms with Crippen molar-refractivity contribution < 1.29 is 0 Å². The van der Waals surface area contributed by atoms with Gasteiger partial charge in [-0.2, -0.15) is 0 Å². The van der Waals surface area contributed by atoms with Gasteiger partial charge in [-0.1, -0.05) is 170 Å². The molecule has 0 spiro atoms. The fraction of sp³-hybridized carbons (Fsp3) is 0.0213. The third kappa shape index (κ3) is 6.27. The highest BCUT2D eigenvalue weighted by molar-refractivity contribution is 6.21. The average molecular weight is 616 g/mol. The molecule has 0 fully saturated rings. The Morgan fingerprint density at radius 3 is 1.38 bits per heavy atom. The predicted molar refractivity (Wildman–Crippen MR) is 209 cm³/mol. The van der Waals surface area contributed by atoms with E-state index in [0.29, 0.717) is 0 Å². The van der Waals surface area contributed by atoms with Gasteiger partial charge in [-0.05, 0) is 92.2 Å². The fourth-order valence-electron chi connectivity index (χ4n) is 6.45. The summed E-state index contributed by atoms with van der Waals surface area (Å²) < 4.78 is 0. The summed E-state index contributed by atoms with van der Waals surface area (Å²) in [4.78, 5) is 2.17. The second-order valence-electron chi connectivity index (χ2n) is 11.8. The van der Waals surface area contributed by atoms with Crippen LogP contribution in [0.3, 0.4) is 0 Å². The molecule has 0 atom stereocenters. The van der Waals surface area contributed by atoms with Crippen LogP contribution >= 0.6 is 0 Å². The van der Waals surface area contributed by atoms with Crippen molar-refractivity contribution >= 4 is 45.1 Å². The number of para-hydroxylation sites is 1. The Bertz CT molecular complexity index is 2210. The van der Waals surface area contributed by atoms with E-state index in [1.807, 2.05) is 37.3 Å². The molecule has 7 aromatic rings. The highest BCUT2D eigenvalue weighted by Gasteiger charge is 2.16. The normalized spacial score (nSPS) is 11.7. The van der Waals surface area contributed by atoms with Crippen LogP contribution < -0.4 is 4.90 Å². The maximum atomic E-state index is 4.35. The van der Waals surface area contributed by atoms with E-state index in [-0.39, 0.29) is 0 Å². The van der Waals surface area contributed by atoms with Crippen LogP contribution in [0.4, 0.5) is 11.4 Å². The van der Waals surface area contributed by atoms with E-state index < -0.39 is 0 Å². The van der Waals surface area contributed by atoms with Crippen LogP contribution in [0.15, 0.2) is 194 Å². The standard InChI is InChI=1S/C47H37N/c1-3-4-7-16-35(2)48(40-19-10-6-11-20-40)41-33-29-37(30-34-41)26-25-36-27-31-39(32-28-36)47-44-23-14-12-21-42(44)46(38-17-8-5-9-18-38)43-22-13-15-24-45(43)47/h3-34H,2H2,1H3/b4-3-,16-7-,26-25+. The summed E-state index contributed by atoms with van der Waals surface area (Å²) in [7, 11) is 0. The minimum atomic E-state index is 0.901. The highest BCUT2D eigenvalue weighted by Crippen LogP contribution is 2.43. The second-order valence-corrected chi connectivity index (χ2v) is 11.8. The summed E-state index contributed by atoms with van der Waals surface area (Å²) in [5, 5.41) is 5.08. The zero-order valence-corrected chi connectivity index (χ0v) is 27.1. The minimum absolute atomic E-state index is 0.901. The second kappa shape index (κ2) is 14.1. The van der Waals surface area contributed by atoms with Crippen molar-refractivity contribution in [3.05, 3.63) is 205 Å². The lowest BCUT2D eigenvalue weighted by atomic mass is 9.86. The summed E-state index contributed by atoms with van der Waals surface area (Å²) in [5.74, 6) is 0. The molecule has 0 bridgehead atoms. The molecule has 230 valence electrons. The van der Waals surface area contributed by atoms with E-state index in [0.717, 1.165) is 28.2 Å². The SMILES string of the molecule is C=C(/C=C\C=C/C)N(c1ccccc1)c1ccc(/C=C/c2ccc(-c3c4ccccc4c(-c4ccccc4)c4ccccc34)cc2)cc1. The van der Waals surface area contributed by atoms with E-state index in [9.17, 15) is 0 Å². The third-order valence-corrected chi connectivity index (χ3v) is 8.71. The van der Waals surface area contributed by atoms with Gasteiger partial charge in [0.15, 0.2) is 0 Å². The van der Waals surface area contributed by atoms with Crippen molar-refractivity contribution in [3.63, 3.8) is 0 Å². The molecule has 0 unspecified atom stereocenters. The Morgan fingerprint density at radius 1 is 0.458 bits per heavy atom. The Labute approximate surface area is 283 Å². The summed E-state index contributed by atoms with van der Waals surface area (Å²) in [6.07, 6.45) is 12.4. The van der Waals surface area contributed by atoms with Crippen LogP contribution in [0.5, 0.6) is 0 Å². The van der Waals surface area contributed by atoms with Crippen LogP contribution in [0.1, 0.15) is 18.1 Å². The summed E-state index contributed by atoms with van der Waals surface area (Å²) in [6, 6.07) is 56.3. The monoisotopic (exact) mass is 615 g/mol. The number of hydrogen-bond donors (Lipinski definition) is 0. The van der Waals surface area contributed by atoms with Gasteiger partial charge in [0.1, 0.15) is 0 Å². The van der Waals surface area contributed by atoms with Gasteiger partial charge >= 0.3 is 0 Å². The van der Waals surface area contributed by atoms with Crippen molar-refractivity contribution in [1.82, 2.24) is 0 Å². The molecule has 0 aliphatic heterocycles. The Morgan fingerprint density at radius 2 is 0.875 bits per heavy atom. The summed E-state index contributed by atoms with van der Waals surface area (Å²) in [6.45, 7) is 6.36. The number of rotatable bonds is 9. The zero-order chi connectivity index (χ0) is 32.7. The van der Waals surface area contributed by atoms with Gasteiger partial charge in [-0.3, -0.25) is 0 Å². The molecule has 0 saturated heterocycles. The molecule has 7 rings (SSSR count). The van der Waals surface area contributed by atoms with E-state index in [1.54, 1.807) is 0 Å².